The van der Waals surface area contributed by atoms with Gasteiger partial charge in [0.1, 0.15) is 0 Å². The molecule has 4 fully saturated rings. The van der Waals surface area contributed by atoms with E-state index in [-0.39, 0.29) is 0 Å². The van der Waals surface area contributed by atoms with Gasteiger partial charge < -0.3 is 19.6 Å². The van der Waals surface area contributed by atoms with Crippen molar-refractivity contribution in [3.05, 3.63) is 143 Å². The van der Waals surface area contributed by atoms with Crippen LogP contribution in [0.2, 0.25) is 0 Å². The van der Waals surface area contributed by atoms with Crippen molar-refractivity contribution in [3.63, 3.8) is 0 Å². The van der Waals surface area contributed by atoms with Crippen molar-refractivity contribution in [1.82, 2.24) is 53.8 Å². The molecule has 3 aliphatic heterocycles. The minimum Gasteiger partial charge on any atom is -0.304 e. The summed E-state index contributed by atoms with van der Waals surface area (Å²) in [7, 11) is 2.22. The van der Waals surface area contributed by atoms with Crippen molar-refractivity contribution >= 4 is 0 Å². The van der Waals surface area contributed by atoms with Crippen LogP contribution in [0.5, 0.6) is 0 Å². The van der Waals surface area contributed by atoms with E-state index in [1.165, 1.54) is 251 Å². The molecule has 11 heteroatoms. The molecule has 3 atom stereocenters. The molecule has 3 aromatic carbocycles. The van der Waals surface area contributed by atoms with Gasteiger partial charge in [0.15, 0.2) is 0 Å². The number of likely N-dealkylation sites (N-methyl/N-ethyl adjacent to an activating group) is 1. The molecule has 13 rings (SSSR count). The standard InChI is InChI=1S/C24H34N4.C21H29N3.C19H26N4/c1-3-7-21(8-4-1)27-17-15-26(16-18-27)14-13-20-11-12-24-23(20)19-25-28(24)22-9-5-2-6-10-22;1-2-7-15-23(14-6-1)16-13-18-9-8-12-21-20(18)17-22-24(21)19-10-4-3-5-11-19;1-21-11-13-22(14-12-21)10-9-16-7-8-19-18(16)15-20-23(19)17-5-3-2-4-6-17/h2,5-6,9-10,19-21H,1,3-4,7-8,11-18H2;3-5,10-11,17-18H,1-2,6-9,12-16H2;2-6,15-16H,7-14H2,1H3. The molecule has 75 heavy (non-hydrogen) atoms. The zero-order valence-corrected chi connectivity index (χ0v) is 45.7. The van der Waals surface area contributed by atoms with E-state index in [1.807, 2.05) is 0 Å². The van der Waals surface area contributed by atoms with Crippen LogP contribution in [-0.2, 0) is 19.3 Å². The molecule has 0 bridgehead atoms. The van der Waals surface area contributed by atoms with E-state index in [0.29, 0.717) is 17.8 Å². The summed E-state index contributed by atoms with van der Waals surface area (Å²) in [6, 6.07) is 32.6. The van der Waals surface area contributed by atoms with Gasteiger partial charge in [0.2, 0.25) is 0 Å². The summed E-state index contributed by atoms with van der Waals surface area (Å²) in [6.45, 7) is 16.3. The van der Waals surface area contributed by atoms with Gasteiger partial charge in [-0.25, -0.2) is 14.0 Å². The summed E-state index contributed by atoms with van der Waals surface area (Å²) in [5.41, 5.74) is 12.4. The van der Waals surface area contributed by atoms with Crippen LogP contribution in [-0.4, -0.2) is 152 Å². The van der Waals surface area contributed by atoms with Gasteiger partial charge in [-0.05, 0) is 201 Å². The average molecular weight is 1010 g/mol. The Morgan fingerprint density at radius 2 is 0.760 bits per heavy atom. The molecule has 4 aliphatic carbocycles. The monoisotopic (exact) mass is 1010 g/mol. The Labute approximate surface area is 450 Å². The van der Waals surface area contributed by atoms with E-state index in [1.54, 1.807) is 0 Å². The second-order valence-corrected chi connectivity index (χ2v) is 23.4. The smallest absolute Gasteiger partial charge is 0.0648 e. The van der Waals surface area contributed by atoms with Crippen LogP contribution in [0, 0.1) is 0 Å². The highest BCUT2D eigenvalue weighted by Gasteiger charge is 2.31. The number of para-hydroxylation sites is 3. The zero-order chi connectivity index (χ0) is 50.6. The van der Waals surface area contributed by atoms with E-state index in [2.05, 4.69) is 160 Å². The van der Waals surface area contributed by atoms with Gasteiger partial charge >= 0.3 is 0 Å². The number of fused-ring (bicyclic) bond motifs is 3. The molecule has 0 N–H and O–H groups in total. The van der Waals surface area contributed by atoms with E-state index in [0.717, 1.165) is 12.5 Å². The van der Waals surface area contributed by atoms with Gasteiger partial charge in [-0.1, -0.05) is 86.7 Å². The Hall–Kier alpha value is -4.91. The molecule has 400 valence electrons. The quantitative estimate of drug-likeness (QED) is 0.113. The van der Waals surface area contributed by atoms with Crippen LogP contribution in [0.25, 0.3) is 17.1 Å². The Morgan fingerprint density at radius 1 is 0.373 bits per heavy atom. The van der Waals surface area contributed by atoms with E-state index >= 15 is 0 Å². The number of likely N-dealkylation sites (tertiary alicyclic amines) is 1. The van der Waals surface area contributed by atoms with Gasteiger partial charge in [0.05, 0.1) is 35.7 Å². The highest BCUT2D eigenvalue weighted by Crippen LogP contribution is 2.39. The molecule has 3 unspecified atom stereocenters. The fourth-order valence-electron chi connectivity index (χ4n) is 14.1. The molecule has 3 saturated heterocycles. The maximum atomic E-state index is 4.73. The van der Waals surface area contributed by atoms with Crippen molar-refractivity contribution < 1.29 is 0 Å². The summed E-state index contributed by atoms with van der Waals surface area (Å²) in [6.07, 6.45) is 31.9. The lowest BCUT2D eigenvalue weighted by molar-refractivity contribution is 0.0775. The lowest BCUT2D eigenvalue weighted by atomic mass is 9.84. The summed E-state index contributed by atoms with van der Waals surface area (Å²) in [5.74, 6) is 2.10. The van der Waals surface area contributed by atoms with Crippen molar-refractivity contribution in [2.75, 3.05) is 92.1 Å². The molecular weight excluding hydrogens is 923 g/mol. The first kappa shape index (κ1) is 52.2. The SMILES string of the molecule is CN1CCN(CCC2CCc3c2cnn3-c2ccccc2)CC1.c1ccc(-n2ncc3c2CCC3CCN2CCN(C3CCCCC3)CC2)cc1.c1ccc(-n2ncc3c2CCCC3CCN2CCCCCC2)cc1. The van der Waals surface area contributed by atoms with Crippen LogP contribution < -0.4 is 0 Å². The zero-order valence-electron chi connectivity index (χ0n) is 45.7. The lowest BCUT2D eigenvalue weighted by Gasteiger charge is -2.41. The second kappa shape index (κ2) is 26.0. The van der Waals surface area contributed by atoms with E-state index < -0.39 is 0 Å². The molecule has 1 saturated carbocycles. The average Bonchev–Trinajstić information content (AvgIpc) is 4.32. The first-order valence-corrected chi connectivity index (χ1v) is 30.1. The fraction of sp³-hybridized carbons (Fsp3) is 0.578. The molecule has 6 heterocycles. The van der Waals surface area contributed by atoms with Crippen molar-refractivity contribution in [2.24, 2.45) is 0 Å². The largest absolute Gasteiger partial charge is 0.304 e. The summed E-state index contributed by atoms with van der Waals surface area (Å²) in [5, 5.41) is 14.1. The van der Waals surface area contributed by atoms with Crippen molar-refractivity contribution in [1.29, 1.82) is 0 Å². The van der Waals surface area contributed by atoms with Gasteiger partial charge in [0.25, 0.3) is 0 Å². The molecule has 7 aliphatic rings. The third-order valence-corrected chi connectivity index (χ3v) is 18.6. The molecular formula is C64H89N11. The molecule has 3 aromatic heterocycles. The van der Waals surface area contributed by atoms with Crippen molar-refractivity contribution in [2.45, 2.75) is 146 Å². The minimum atomic E-state index is 0.696. The Balaban J connectivity index is 0.000000121. The second-order valence-electron chi connectivity index (χ2n) is 23.4. The Bertz CT molecular complexity index is 2610. The predicted molar refractivity (Wildman–Crippen MR) is 306 cm³/mol. The molecule has 0 spiro atoms. The number of aromatic nitrogens is 6. The molecule has 6 aromatic rings. The highest BCUT2D eigenvalue weighted by molar-refractivity contribution is 5.40. The summed E-state index contributed by atoms with van der Waals surface area (Å²) < 4.78 is 6.48. The number of benzene rings is 3. The maximum Gasteiger partial charge on any atom is 0.0648 e. The number of nitrogens with zero attached hydrogens (tertiary/aromatic N) is 11. The van der Waals surface area contributed by atoms with E-state index in [4.69, 9.17) is 10.2 Å². The van der Waals surface area contributed by atoms with Gasteiger partial charge in [-0.3, -0.25) is 4.90 Å². The lowest BCUT2D eigenvalue weighted by Crippen LogP contribution is -2.50. The Morgan fingerprint density at radius 3 is 1.21 bits per heavy atom. The van der Waals surface area contributed by atoms with Crippen molar-refractivity contribution in [3.8, 4) is 17.1 Å². The number of hydrogen-bond acceptors (Lipinski definition) is 8. The first-order valence-electron chi connectivity index (χ1n) is 30.1. The minimum absolute atomic E-state index is 0.696. The number of piperazine rings is 2. The van der Waals surface area contributed by atoms with Crippen LogP contribution in [0.4, 0.5) is 0 Å². The third kappa shape index (κ3) is 13.1. The van der Waals surface area contributed by atoms with Crippen LogP contribution >= 0.6 is 0 Å². The fourth-order valence-corrected chi connectivity index (χ4v) is 14.1. The van der Waals surface area contributed by atoms with Gasteiger partial charge in [0, 0.05) is 75.5 Å². The van der Waals surface area contributed by atoms with Crippen LogP contribution in [0.15, 0.2) is 110 Å². The van der Waals surface area contributed by atoms with E-state index in [9.17, 15) is 0 Å². The highest BCUT2D eigenvalue weighted by atomic mass is 15.3. The summed E-state index contributed by atoms with van der Waals surface area (Å²) >= 11 is 0. The number of hydrogen-bond donors (Lipinski definition) is 0. The molecule has 0 radical (unpaired) electrons. The topological polar surface area (TPSA) is 69.7 Å². The summed E-state index contributed by atoms with van der Waals surface area (Å²) in [4.78, 5) is 13.2. The Kier molecular flexibility index (Phi) is 18.1. The third-order valence-electron chi connectivity index (χ3n) is 18.6. The molecule has 11 nitrogen and oxygen atoms in total. The van der Waals surface area contributed by atoms with Gasteiger partial charge in [-0.2, -0.15) is 15.3 Å². The van der Waals surface area contributed by atoms with Gasteiger partial charge in [-0.15, -0.1) is 0 Å². The van der Waals surface area contributed by atoms with Crippen LogP contribution in [0.1, 0.15) is 154 Å². The maximum absolute atomic E-state index is 4.73. The normalized spacial score (nSPS) is 23.1. The first-order chi connectivity index (χ1) is 37.1. The molecule has 0 amide bonds. The van der Waals surface area contributed by atoms with Crippen LogP contribution in [0.3, 0.4) is 0 Å². The predicted octanol–water partition coefficient (Wildman–Crippen LogP) is 11.3. The number of rotatable bonds is 13.